The van der Waals surface area contributed by atoms with E-state index in [1.165, 1.54) is 0 Å². The summed E-state index contributed by atoms with van der Waals surface area (Å²) in [5.74, 6) is 0.891. The van der Waals surface area contributed by atoms with Crippen molar-refractivity contribution in [3.05, 3.63) is 35.2 Å². The van der Waals surface area contributed by atoms with Crippen molar-refractivity contribution >= 4 is 5.91 Å². The molecule has 1 amide bonds. The molecule has 1 aliphatic heterocycles. The minimum Gasteiger partial charge on any atom is -0.379 e. The molecule has 0 aliphatic carbocycles. The van der Waals surface area contributed by atoms with E-state index in [4.69, 9.17) is 14.0 Å². The van der Waals surface area contributed by atoms with Crippen LogP contribution < -0.4 is 5.32 Å². The third kappa shape index (κ3) is 3.49. The minimum atomic E-state index is -0.232. The molecule has 8 nitrogen and oxygen atoms in total. The van der Waals surface area contributed by atoms with E-state index in [2.05, 4.69) is 15.5 Å². The van der Waals surface area contributed by atoms with Gasteiger partial charge in [0.1, 0.15) is 5.76 Å². The normalized spacial score (nSPS) is 21.0. The van der Waals surface area contributed by atoms with Gasteiger partial charge >= 0.3 is 0 Å². The third-order valence-electron chi connectivity index (χ3n) is 4.26. The molecule has 1 fully saturated rings. The van der Waals surface area contributed by atoms with Gasteiger partial charge in [0.05, 0.1) is 31.1 Å². The predicted molar refractivity (Wildman–Crippen MR) is 84.5 cm³/mol. The Bertz CT molecular complexity index is 689. The van der Waals surface area contributed by atoms with Gasteiger partial charge in [-0.05, 0) is 20.3 Å². The van der Waals surface area contributed by atoms with E-state index < -0.39 is 0 Å². The molecule has 0 bridgehead atoms. The standard InChI is InChI=1S/C16H22N4O4/c1-10-12(11(2)24-19-10)8-23-14-4-7-22-9-13(14)18-16(21)15-17-5-6-20(15)3/h5-6,13-14H,4,7-9H2,1-3H3,(H,18,21)/t13-,14+/m0/s1. The highest BCUT2D eigenvalue weighted by atomic mass is 16.5. The van der Waals surface area contributed by atoms with Crippen molar-refractivity contribution in [1.82, 2.24) is 20.0 Å². The fourth-order valence-corrected chi connectivity index (χ4v) is 2.77. The molecule has 0 radical (unpaired) electrons. The number of carbonyl (C=O) groups excluding carboxylic acids is 1. The summed E-state index contributed by atoms with van der Waals surface area (Å²) in [7, 11) is 1.78. The molecule has 0 saturated carbocycles. The minimum absolute atomic E-state index is 0.128. The summed E-state index contributed by atoms with van der Waals surface area (Å²) in [6.45, 7) is 5.19. The first-order chi connectivity index (χ1) is 11.6. The molecule has 3 rings (SSSR count). The van der Waals surface area contributed by atoms with Crippen molar-refractivity contribution < 1.29 is 18.8 Å². The van der Waals surface area contributed by atoms with Crippen LogP contribution in [-0.4, -0.2) is 46.0 Å². The van der Waals surface area contributed by atoms with E-state index >= 15 is 0 Å². The van der Waals surface area contributed by atoms with Gasteiger partial charge in [0.15, 0.2) is 5.82 Å². The molecule has 1 N–H and O–H groups in total. The number of nitrogens with one attached hydrogen (secondary N) is 1. The van der Waals surface area contributed by atoms with Crippen molar-refractivity contribution in [1.29, 1.82) is 0 Å². The SMILES string of the molecule is Cc1noc(C)c1CO[C@@H]1CCOC[C@@H]1NC(=O)c1nccn1C. The van der Waals surface area contributed by atoms with Gasteiger partial charge in [-0.15, -0.1) is 0 Å². The molecule has 130 valence electrons. The smallest absolute Gasteiger partial charge is 0.287 e. The summed E-state index contributed by atoms with van der Waals surface area (Å²) in [6, 6.07) is -0.219. The van der Waals surface area contributed by atoms with Crippen molar-refractivity contribution in [2.24, 2.45) is 7.05 Å². The molecule has 2 aromatic heterocycles. The largest absolute Gasteiger partial charge is 0.379 e. The van der Waals surface area contributed by atoms with Gasteiger partial charge in [-0.1, -0.05) is 5.16 Å². The lowest BCUT2D eigenvalue weighted by Crippen LogP contribution is -2.51. The van der Waals surface area contributed by atoms with Crippen LogP contribution in [0.3, 0.4) is 0 Å². The van der Waals surface area contributed by atoms with Crippen molar-refractivity contribution in [3.63, 3.8) is 0 Å². The highest BCUT2D eigenvalue weighted by molar-refractivity contribution is 5.91. The highest BCUT2D eigenvalue weighted by Crippen LogP contribution is 2.18. The number of hydrogen-bond donors (Lipinski definition) is 1. The number of ether oxygens (including phenoxy) is 2. The Kier molecular flexibility index (Phi) is 4.96. The Hall–Kier alpha value is -2.19. The van der Waals surface area contributed by atoms with Gasteiger partial charge in [-0.3, -0.25) is 4.79 Å². The van der Waals surface area contributed by atoms with E-state index in [-0.39, 0.29) is 18.1 Å². The van der Waals surface area contributed by atoms with Crippen molar-refractivity contribution in [3.8, 4) is 0 Å². The molecule has 8 heteroatoms. The Morgan fingerprint density at radius 1 is 1.50 bits per heavy atom. The quantitative estimate of drug-likeness (QED) is 0.881. The van der Waals surface area contributed by atoms with Crippen LogP contribution in [0.15, 0.2) is 16.9 Å². The van der Waals surface area contributed by atoms with Crippen LogP contribution >= 0.6 is 0 Å². The summed E-state index contributed by atoms with van der Waals surface area (Å²) < 4.78 is 18.4. The van der Waals surface area contributed by atoms with Gasteiger partial charge in [-0.25, -0.2) is 4.98 Å². The van der Waals surface area contributed by atoms with Crippen LogP contribution in [0.2, 0.25) is 0 Å². The lowest BCUT2D eigenvalue weighted by atomic mass is 10.1. The molecule has 1 aliphatic rings. The zero-order chi connectivity index (χ0) is 17.1. The molecule has 2 atom stereocenters. The zero-order valence-corrected chi connectivity index (χ0v) is 14.1. The van der Waals surface area contributed by atoms with Gasteiger partial charge in [-0.2, -0.15) is 0 Å². The second kappa shape index (κ2) is 7.14. The Labute approximate surface area is 140 Å². The topological polar surface area (TPSA) is 91.4 Å². The Balaban J connectivity index is 1.63. The molecule has 24 heavy (non-hydrogen) atoms. The molecule has 1 saturated heterocycles. The predicted octanol–water partition coefficient (Wildman–Crippen LogP) is 1.13. The highest BCUT2D eigenvalue weighted by Gasteiger charge is 2.29. The van der Waals surface area contributed by atoms with Crippen LogP contribution in [0.1, 0.15) is 34.1 Å². The number of aryl methyl sites for hydroxylation is 3. The summed E-state index contributed by atoms with van der Waals surface area (Å²) in [5, 5.41) is 6.89. The average Bonchev–Trinajstić information content (AvgIpc) is 3.13. The zero-order valence-electron chi connectivity index (χ0n) is 14.1. The maximum Gasteiger partial charge on any atom is 0.287 e. The van der Waals surface area contributed by atoms with Crippen molar-refractivity contribution in [2.45, 2.75) is 39.0 Å². The Morgan fingerprint density at radius 3 is 3.00 bits per heavy atom. The van der Waals surface area contributed by atoms with Crippen LogP contribution in [0.5, 0.6) is 0 Å². The first kappa shape index (κ1) is 16.7. The molecular formula is C16H22N4O4. The van der Waals surface area contributed by atoms with Crippen LogP contribution in [0.25, 0.3) is 0 Å². The van der Waals surface area contributed by atoms with Gasteiger partial charge in [0.2, 0.25) is 0 Å². The number of carbonyl (C=O) groups is 1. The molecule has 2 aromatic rings. The van der Waals surface area contributed by atoms with Crippen LogP contribution in [-0.2, 0) is 23.1 Å². The molecule has 0 aromatic carbocycles. The number of aromatic nitrogens is 3. The Morgan fingerprint density at radius 2 is 2.33 bits per heavy atom. The third-order valence-corrected chi connectivity index (χ3v) is 4.26. The lowest BCUT2D eigenvalue weighted by Gasteiger charge is -2.32. The van der Waals surface area contributed by atoms with E-state index in [9.17, 15) is 4.79 Å². The summed E-state index contributed by atoms with van der Waals surface area (Å²) in [4.78, 5) is 16.4. The number of hydrogen-bond acceptors (Lipinski definition) is 6. The maximum absolute atomic E-state index is 12.4. The number of nitrogens with zero attached hydrogens (tertiary/aromatic N) is 3. The first-order valence-corrected chi connectivity index (χ1v) is 7.95. The maximum atomic E-state index is 12.4. The summed E-state index contributed by atoms with van der Waals surface area (Å²) in [5.41, 5.74) is 1.78. The van der Waals surface area contributed by atoms with Crippen LogP contribution in [0.4, 0.5) is 0 Å². The van der Waals surface area contributed by atoms with Gasteiger partial charge in [0.25, 0.3) is 5.91 Å². The summed E-state index contributed by atoms with van der Waals surface area (Å²) in [6.07, 6.45) is 3.92. The van der Waals surface area contributed by atoms with E-state index in [0.29, 0.717) is 25.6 Å². The number of amides is 1. The van der Waals surface area contributed by atoms with Crippen molar-refractivity contribution in [2.75, 3.05) is 13.2 Å². The van der Waals surface area contributed by atoms with Gasteiger partial charge in [0, 0.05) is 31.6 Å². The van der Waals surface area contributed by atoms with Crippen LogP contribution in [0, 0.1) is 13.8 Å². The fourth-order valence-electron chi connectivity index (χ4n) is 2.77. The first-order valence-electron chi connectivity index (χ1n) is 7.95. The van der Waals surface area contributed by atoms with E-state index in [1.54, 1.807) is 24.0 Å². The van der Waals surface area contributed by atoms with E-state index in [0.717, 1.165) is 23.4 Å². The fraction of sp³-hybridized carbons (Fsp3) is 0.562. The molecular weight excluding hydrogens is 312 g/mol. The molecule has 0 spiro atoms. The average molecular weight is 334 g/mol. The summed E-state index contributed by atoms with van der Waals surface area (Å²) >= 11 is 0. The van der Waals surface area contributed by atoms with Gasteiger partial charge < -0.3 is 23.9 Å². The number of imidazole rings is 1. The molecule has 3 heterocycles. The number of rotatable bonds is 5. The second-order valence-electron chi connectivity index (χ2n) is 5.96. The second-order valence-corrected chi connectivity index (χ2v) is 5.96. The molecule has 0 unspecified atom stereocenters. The monoisotopic (exact) mass is 334 g/mol. The lowest BCUT2D eigenvalue weighted by molar-refractivity contribution is -0.0609. The van der Waals surface area contributed by atoms with E-state index in [1.807, 2.05) is 13.8 Å².